The lowest BCUT2D eigenvalue weighted by Gasteiger charge is -2.12. The third-order valence-corrected chi connectivity index (χ3v) is 6.68. The highest BCUT2D eigenvalue weighted by atomic mass is 32.2. The number of para-hydroxylation sites is 1. The topological polar surface area (TPSA) is 59.1 Å². The first kappa shape index (κ1) is 18.5. The SMILES string of the molecule is Cc1cc(-c2nc3ccccc3s2)ccc1NS(=O)(=O)c1ccc(F)cc1F. The zero-order valence-corrected chi connectivity index (χ0v) is 16.2. The molecule has 0 aliphatic rings. The van der Waals surface area contributed by atoms with E-state index in [1.54, 1.807) is 30.4 Å². The maximum absolute atomic E-state index is 13.9. The molecule has 0 atom stereocenters. The number of fused-ring (bicyclic) bond motifs is 1. The van der Waals surface area contributed by atoms with Gasteiger partial charge in [-0.2, -0.15) is 0 Å². The molecule has 0 saturated carbocycles. The Bertz CT molecular complexity index is 1270. The van der Waals surface area contributed by atoms with Gasteiger partial charge in [-0.1, -0.05) is 12.1 Å². The number of hydrogen-bond donors (Lipinski definition) is 1. The van der Waals surface area contributed by atoms with Crippen LogP contribution in [0.1, 0.15) is 5.56 Å². The zero-order valence-electron chi connectivity index (χ0n) is 14.6. The molecule has 0 aliphatic heterocycles. The lowest BCUT2D eigenvalue weighted by Crippen LogP contribution is -2.15. The molecule has 0 radical (unpaired) electrons. The van der Waals surface area contributed by atoms with Crippen LogP contribution in [0.2, 0.25) is 0 Å². The van der Waals surface area contributed by atoms with Gasteiger partial charge < -0.3 is 0 Å². The fraction of sp³-hybridized carbons (Fsp3) is 0.0500. The average Bonchev–Trinajstić information content (AvgIpc) is 3.07. The Balaban J connectivity index is 1.66. The first-order chi connectivity index (χ1) is 13.3. The summed E-state index contributed by atoms with van der Waals surface area (Å²) in [6.07, 6.45) is 0. The molecule has 1 heterocycles. The number of thiazole rings is 1. The first-order valence-corrected chi connectivity index (χ1v) is 10.6. The smallest absolute Gasteiger partial charge is 0.264 e. The lowest BCUT2D eigenvalue weighted by atomic mass is 10.1. The van der Waals surface area contributed by atoms with E-state index in [2.05, 4.69) is 9.71 Å². The summed E-state index contributed by atoms with van der Waals surface area (Å²) in [6.45, 7) is 1.75. The van der Waals surface area contributed by atoms with Crippen molar-refractivity contribution >= 4 is 37.3 Å². The van der Waals surface area contributed by atoms with Crippen molar-refractivity contribution in [1.29, 1.82) is 0 Å². The summed E-state index contributed by atoms with van der Waals surface area (Å²) < 4.78 is 55.3. The van der Waals surface area contributed by atoms with E-state index in [0.29, 0.717) is 17.3 Å². The van der Waals surface area contributed by atoms with E-state index in [1.807, 2.05) is 30.3 Å². The normalized spacial score (nSPS) is 11.7. The summed E-state index contributed by atoms with van der Waals surface area (Å²) >= 11 is 1.54. The monoisotopic (exact) mass is 416 g/mol. The second-order valence-electron chi connectivity index (χ2n) is 6.20. The molecule has 1 N–H and O–H groups in total. The Kier molecular flexibility index (Phi) is 4.60. The van der Waals surface area contributed by atoms with Gasteiger partial charge >= 0.3 is 0 Å². The van der Waals surface area contributed by atoms with Crippen molar-refractivity contribution in [3.8, 4) is 10.6 Å². The molecule has 0 saturated heterocycles. The van der Waals surface area contributed by atoms with E-state index in [9.17, 15) is 17.2 Å². The second kappa shape index (κ2) is 6.96. The molecular formula is C20H14F2N2O2S2. The van der Waals surface area contributed by atoms with Crippen molar-refractivity contribution in [2.45, 2.75) is 11.8 Å². The Morgan fingerprint density at radius 2 is 1.79 bits per heavy atom. The Morgan fingerprint density at radius 3 is 2.50 bits per heavy atom. The quantitative estimate of drug-likeness (QED) is 0.488. The van der Waals surface area contributed by atoms with Crippen LogP contribution < -0.4 is 4.72 Å². The van der Waals surface area contributed by atoms with Gasteiger partial charge in [0.05, 0.1) is 15.9 Å². The van der Waals surface area contributed by atoms with Crippen LogP contribution in [0.4, 0.5) is 14.5 Å². The summed E-state index contributed by atoms with van der Waals surface area (Å²) in [5.74, 6) is -1.98. The third kappa shape index (κ3) is 3.48. The standard InChI is InChI=1S/C20H14F2N2O2S2/c1-12-10-13(20-23-17-4-2-3-5-18(17)27-20)6-8-16(12)24-28(25,26)19-9-7-14(21)11-15(19)22/h2-11,24H,1H3. The minimum absolute atomic E-state index is 0.314. The highest BCUT2D eigenvalue weighted by Gasteiger charge is 2.20. The molecule has 0 unspecified atom stereocenters. The number of aromatic nitrogens is 1. The number of nitrogens with zero attached hydrogens (tertiary/aromatic N) is 1. The van der Waals surface area contributed by atoms with Gasteiger partial charge in [-0.3, -0.25) is 4.72 Å². The predicted molar refractivity (Wildman–Crippen MR) is 107 cm³/mol. The summed E-state index contributed by atoms with van der Waals surface area (Å²) in [6, 6.07) is 15.3. The third-order valence-electron chi connectivity index (χ3n) is 4.20. The number of rotatable bonds is 4. The Morgan fingerprint density at radius 1 is 1.00 bits per heavy atom. The number of aryl methyl sites for hydroxylation is 1. The Labute approximate surface area is 164 Å². The van der Waals surface area contributed by atoms with Gasteiger partial charge in [0.2, 0.25) is 0 Å². The minimum atomic E-state index is -4.19. The summed E-state index contributed by atoms with van der Waals surface area (Å²) in [5.41, 5.74) is 2.72. The van der Waals surface area contributed by atoms with E-state index in [0.717, 1.165) is 32.9 Å². The van der Waals surface area contributed by atoms with Crippen molar-refractivity contribution in [2.24, 2.45) is 0 Å². The van der Waals surface area contributed by atoms with Crippen LogP contribution in [0.3, 0.4) is 0 Å². The fourth-order valence-corrected chi connectivity index (χ4v) is 4.95. The Hall–Kier alpha value is -2.84. The van der Waals surface area contributed by atoms with Crippen molar-refractivity contribution in [1.82, 2.24) is 4.98 Å². The molecule has 3 aromatic carbocycles. The molecule has 0 aliphatic carbocycles. The largest absolute Gasteiger partial charge is 0.279 e. The number of benzene rings is 3. The average molecular weight is 416 g/mol. The molecule has 4 rings (SSSR count). The maximum atomic E-state index is 13.9. The predicted octanol–water partition coefficient (Wildman–Crippen LogP) is 5.35. The van der Waals surface area contributed by atoms with Crippen LogP contribution in [0.25, 0.3) is 20.8 Å². The van der Waals surface area contributed by atoms with E-state index in [-0.39, 0.29) is 0 Å². The molecule has 28 heavy (non-hydrogen) atoms. The summed E-state index contributed by atoms with van der Waals surface area (Å²) in [4.78, 5) is 3.98. The molecule has 0 amide bonds. The minimum Gasteiger partial charge on any atom is -0.279 e. The first-order valence-electron chi connectivity index (χ1n) is 8.28. The molecular weight excluding hydrogens is 402 g/mol. The lowest BCUT2D eigenvalue weighted by molar-refractivity contribution is 0.551. The van der Waals surface area contributed by atoms with E-state index < -0.39 is 26.6 Å². The molecule has 0 spiro atoms. The molecule has 4 nitrogen and oxygen atoms in total. The van der Waals surface area contributed by atoms with Gasteiger partial charge in [0, 0.05) is 11.6 Å². The molecule has 142 valence electrons. The number of sulfonamides is 1. The number of hydrogen-bond acceptors (Lipinski definition) is 4. The van der Waals surface area contributed by atoms with Crippen LogP contribution in [0.5, 0.6) is 0 Å². The van der Waals surface area contributed by atoms with Crippen LogP contribution >= 0.6 is 11.3 Å². The molecule has 0 fully saturated rings. The molecule has 8 heteroatoms. The van der Waals surface area contributed by atoms with Crippen LogP contribution in [0.15, 0.2) is 65.6 Å². The fourth-order valence-electron chi connectivity index (χ4n) is 2.80. The van der Waals surface area contributed by atoms with Gasteiger partial charge in [0.15, 0.2) is 0 Å². The van der Waals surface area contributed by atoms with Crippen molar-refractivity contribution in [3.05, 3.63) is 77.9 Å². The van der Waals surface area contributed by atoms with Gasteiger partial charge in [-0.15, -0.1) is 11.3 Å². The zero-order chi connectivity index (χ0) is 19.9. The molecule has 1 aromatic heterocycles. The van der Waals surface area contributed by atoms with Gasteiger partial charge in [0.25, 0.3) is 10.0 Å². The maximum Gasteiger partial charge on any atom is 0.264 e. The van der Waals surface area contributed by atoms with Gasteiger partial charge in [-0.05, 0) is 55.0 Å². The van der Waals surface area contributed by atoms with Crippen LogP contribution in [-0.4, -0.2) is 13.4 Å². The molecule has 4 aromatic rings. The highest BCUT2D eigenvalue weighted by molar-refractivity contribution is 7.92. The van der Waals surface area contributed by atoms with Crippen LogP contribution in [-0.2, 0) is 10.0 Å². The van der Waals surface area contributed by atoms with Crippen molar-refractivity contribution in [2.75, 3.05) is 4.72 Å². The number of halogens is 2. The van der Waals surface area contributed by atoms with Gasteiger partial charge in [0.1, 0.15) is 21.5 Å². The number of nitrogens with one attached hydrogen (secondary N) is 1. The van der Waals surface area contributed by atoms with Gasteiger partial charge in [-0.25, -0.2) is 22.2 Å². The van der Waals surface area contributed by atoms with Crippen molar-refractivity contribution in [3.63, 3.8) is 0 Å². The number of anilines is 1. The summed E-state index contributed by atoms with van der Waals surface area (Å²) in [7, 11) is -4.19. The second-order valence-corrected chi connectivity index (χ2v) is 8.88. The highest BCUT2D eigenvalue weighted by Crippen LogP contribution is 2.32. The molecule has 0 bridgehead atoms. The van der Waals surface area contributed by atoms with E-state index in [1.165, 1.54) is 0 Å². The van der Waals surface area contributed by atoms with E-state index >= 15 is 0 Å². The van der Waals surface area contributed by atoms with Crippen molar-refractivity contribution < 1.29 is 17.2 Å². The van der Waals surface area contributed by atoms with Crippen LogP contribution in [0, 0.1) is 18.6 Å². The van der Waals surface area contributed by atoms with E-state index in [4.69, 9.17) is 0 Å². The summed E-state index contributed by atoms with van der Waals surface area (Å²) in [5, 5.41) is 0.822.